The molecule has 0 aromatic heterocycles. The van der Waals surface area contributed by atoms with Crippen molar-refractivity contribution in [1.82, 2.24) is 10.2 Å². The van der Waals surface area contributed by atoms with Gasteiger partial charge in [-0.2, -0.15) is 0 Å². The predicted octanol–water partition coefficient (Wildman–Crippen LogP) is 2.64. The van der Waals surface area contributed by atoms with Crippen molar-refractivity contribution in [1.29, 1.82) is 0 Å². The third-order valence-electron chi connectivity index (χ3n) is 3.49. The number of hydrogen-bond acceptors (Lipinski definition) is 2. The summed E-state index contributed by atoms with van der Waals surface area (Å²) in [6.45, 7) is 9.43. The first kappa shape index (κ1) is 13.0. The van der Waals surface area contributed by atoms with Crippen LogP contribution >= 0.6 is 0 Å². The molecule has 2 heteroatoms. The topological polar surface area (TPSA) is 15.3 Å². The lowest BCUT2D eigenvalue weighted by molar-refractivity contribution is 0.277. The van der Waals surface area contributed by atoms with Crippen LogP contribution in [-0.4, -0.2) is 37.1 Å². The van der Waals surface area contributed by atoms with Crippen molar-refractivity contribution in [2.24, 2.45) is 0 Å². The van der Waals surface area contributed by atoms with Crippen LogP contribution in [-0.2, 0) is 0 Å². The van der Waals surface area contributed by atoms with Crippen molar-refractivity contribution in [3.05, 3.63) is 0 Å². The van der Waals surface area contributed by atoms with Crippen LogP contribution < -0.4 is 5.32 Å². The summed E-state index contributed by atoms with van der Waals surface area (Å²) >= 11 is 0. The molecule has 1 rings (SSSR count). The van der Waals surface area contributed by atoms with Crippen molar-refractivity contribution in [3.63, 3.8) is 0 Å². The number of likely N-dealkylation sites (N-methyl/N-ethyl adjacent to an activating group) is 1. The highest BCUT2D eigenvalue weighted by atomic mass is 15.1. The van der Waals surface area contributed by atoms with E-state index in [1.807, 2.05) is 0 Å². The van der Waals surface area contributed by atoms with E-state index in [2.05, 4.69) is 24.1 Å². The Balaban J connectivity index is 2.00. The van der Waals surface area contributed by atoms with Gasteiger partial charge in [-0.25, -0.2) is 0 Å². The average Bonchev–Trinajstić information content (AvgIpc) is 2.76. The second kappa shape index (κ2) is 8.12. The van der Waals surface area contributed by atoms with Gasteiger partial charge in [-0.05, 0) is 32.4 Å². The van der Waals surface area contributed by atoms with E-state index < -0.39 is 0 Å². The summed E-state index contributed by atoms with van der Waals surface area (Å²) in [7, 11) is 0. The molecule has 1 fully saturated rings. The summed E-state index contributed by atoms with van der Waals surface area (Å²) in [5.74, 6) is 0. The van der Waals surface area contributed by atoms with E-state index in [-0.39, 0.29) is 0 Å². The first-order chi connectivity index (χ1) is 7.36. The highest BCUT2D eigenvalue weighted by molar-refractivity contribution is 4.73. The average molecular weight is 212 g/mol. The molecule has 15 heavy (non-hydrogen) atoms. The molecular formula is C13H28N2. The van der Waals surface area contributed by atoms with Gasteiger partial charge in [0, 0.05) is 19.1 Å². The maximum Gasteiger partial charge on any atom is 0.0107 e. The van der Waals surface area contributed by atoms with E-state index >= 15 is 0 Å². The molecular weight excluding hydrogens is 184 g/mol. The summed E-state index contributed by atoms with van der Waals surface area (Å²) in [5.41, 5.74) is 0. The molecule has 0 heterocycles. The SMILES string of the molecule is CCCCN(CC)CCNC1CCCC1. The van der Waals surface area contributed by atoms with Crippen molar-refractivity contribution in [2.45, 2.75) is 58.4 Å². The van der Waals surface area contributed by atoms with Gasteiger partial charge in [0.2, 0.25) is 0 Å². The number of unbranched alkanes of at least 4 members (excludes halogenated alkanes) is 1. The summed E-state index contributed by atoms with van der Waals surface area (Å²) < 4.78 is 0. The minimum absolute atomic E-state index is 0.829. The lowest BCUT2D eigenvalue weighted by Gasteiger charge is -2.21. The first-order valence-electron chi connectivity index (χ1n) is 6.82. The Bertz CT molecular complexity index is 141. The third kappa shape index (κ3) is 5.53. The lowest BCUT2D eigenvalue weighted by atomic mass is 10.2. The lowest BCUT2D eigenvalue weighted by Crippen LogP contribution is -2.36. The van der Waals surface area contributed by atoms with Gasteiger partial charge in [-0.3, -0.25) is 0 Å². The van der Waals surface area contributed by atoms with Gasteiger partial charge < -0.3 is 10.2 Å². The number of nitrogens with zero attached hydrogens (tertiary/aromatic N) is 1. The van der Waals surface area contributed by atoms with Gasteiger partial charge in [-0.15, -0.1) is 0 Å². The Morgan fingerprint density at radius 3 is 2.47 bits per heavy atom. The Hall–Kier alpha value is -0.0800. The molecule has 1 aliphatic rings. The maximum atomic E-state index is 3.68. The molecule has 0 unspecified atom stereocenters. The molecule has 0 amide bonds. The molecule has 0 saturated heterocycles. The molecule has 0 radical (unpaired) electrons. The Labute approximate surface area is 95.4 Å². The molecule has 0 spiro atoms. The molecule has 0 atom stereocenters. The minimum Gasteiger partial charge on any atom is -0.313 e. The summed E-state index contributed by atoms with van der Waals surface area (Å²) in [6, 6.07) is 0.829. The van der Waals surface area contributed by atoms with E-state index in [0.29, 0.717) is 0 Å². The third-order valence-corrected chi connectivity index (χ3v) is 3.49. The molecule has 0 aliphatic heterocycles. The maximum absolute atomic E-state index is 3.68. The summed E-state index contributed by atoms with van der Waals surface area (Å²) in [4.78, 5) is 2.56. The Morgan fingerprint density at radius 2 is 1.87 bits per heavy atom. The molecule has 2 nitrogen and oxygen atoms in total. The predicted molar refractivity (Wildman–Crippen MR) is 67.3 cm³/mol. The second-order valence-corrected chi connectivity index (χ2v) is 4.72. The molecule has 1 aliphatic carbocycles. The molecule has 0 aromatic carbocycles. The standard InChI is InChI=1S/C13H28N2/c1-3-5-11-15(4-2)12-10-14-13-8-6-7-9-13/h13-14H,3-12H2,1-2H3. The van der Waals surface area contributed by atoms with Crippen LogP contribution in [0.5, 0.6) is 0 Å². The highest BCUT2D eigenvalue weighted by Gasteiger charge is 2.13. The van der Waals surface area contributed by atoms with Gasteiger partial charge in [0.05, 0.1) is 0 Å². The zero-order chi connectivity index (χ0) is 10.9. The normalized spacial score (nSPS) is 17.8. The van der Waals surface area contributed by atoms with Crippen LogP contribution in [0.1, 0.15) is 52.4 Å². The van der Waals surface area contributed by atoms with E-state index in [1.54, 1.807) is 0 Å². The van der Waals surface area contributed by atoms with Crippen LogP contribution in [0.4, 0.5) is 0 Å². The summed E-state index contributed by atoms with van der Waals surface area (Å²) in [5, 5.41) is 3.68. The van der Waals surface area contributed by atoms with Crippen LogP contribution in [0.2, 0.25) is 0 Å². The van der Waals surface area contributed by atoms with Gasteiger partial charge in [0.25, 0.3) is 0 Å². The first-order valence-corrected chi connectivity index (χ1v) is 6.82. The highest BCUT2D eigenvalue weighted by Crippen LogP contribution is 2.17. The zero-order valence-corrected chi connectivity index (χ0v) is 10.6. The number of nitrogens with one attached hydrogen (secondary N) is 1. The molecule has 0 aromatic rings. The molecule has 1 N–H and O–H groups in total. The Morgan fingerprint density at radius 1 is 1.13 bits per heavy atom. The fourth-order valence-corrected chi connectivity index (χ4v) is 2.37. The van der Waals surface area contributed by atoms with E-state index in [4.69, 9.17) is 0 Å². The van der Waals surface area contributed by atoms with Crippen LogP contribution in [0.3, 0.4) is 0 Å². The minimum atomic E-state index is 0.829. The van der Waals surface area contributed by atoms with Crippen molar-refractivity contribution >= 4 is 0 Å². The smallest absolute Gasteiger partial charge is 0.0107 e. The second-order valence-electron chi connectivity index (χ2n) is 4.72. The van der Waals surface area contributed by atoms with Crippen molar-refractivity contribution in [3.8, 4) is 0 Å². The van der Waals surface area contributed by atoms with E-state index in [0.717, 1.165) is 6.04 Å². The monoisotopic (exact) mass is 212 g/mol. The van der Waals surface area contributed by atoms with E-state index in [1.165, 1.54) is 64.7 Å². The molecule has 1 saturated carbocycles. The van der Waals surface area contributed by atoms with Gasteiger partial charge in [-0.1, -0.05) is 33.1 Å². The summed E-state index contributed by atoms with van der Waals surface area (Å²) in [6.07, 6.45) is 8.34. The van der Waals surface area contributed by atoms with E-state index in [9.17, 15) is 0 Å². The largest absolute Gasteiger partial charge is 0.313 e. The Kier molecular flexibility index (Phi) is 7.03. The van der Waals surface area contributed by atoms with Crippen molar-refractivity contribution < 1.29 is 0 Å². The fourth-order valence-electron chi connectivity index (χ4n) is 2.37. The number of hydrogen-bond donors (Lipinski definition) is 1. The van der Waals surface area contributed by atoms with Crippen LogP contribution in [0.15, 0.2) is 0 Å². The van der Waals surface area contributed by atoms with Gasteiger partial charge in [0.15, 0.2) is 0 Å². The van der Waals surface area contributed by atoms with Gasteiger partial charge in [0.1, 0.15) is 0 Å². The zero-order valence-electron chi connectivity index (χ0n) is 10.6. The van der Waals surface area contributed by atoms with Crippen LogP contribution in [0, 0.1) is 0 Å². The molecule has 90 valence electrons. The molecule has 0 bridgehead atoms. The fraction of sp³-hybridized carbons (Fsp3) is 1.00. The van der Waals surface area contributed by atoms with Gasteiger partial charge >= 0.3 is 0 Å². The van der Waals surface area contributed by atoms with Crippen molar-refractivity contribution in [2.75, 3.05) is 26.2 Å². The van der Waals surface area contributed by atoms with Crippen LogP contribution in [0.25, 0.3) is 0 Å². The quantitative estimate of drug-likeness (QED) is 0.665. The number of rotatable bonds is 8.